The summed E-state index contributed by atoms with van der Waals surface area (Å²) in [6.45, 7) is 0.173. The summed E-state index contributed by atoms with van der Waals surface area (Å²) < 4.78 is 20.1. The minimum absolute atomic E-state index is 0.0957. The maximum absolute atomic E-state index is 10.1. The van der Waals surface area contributed by atoms with Crippen LogP contribution in [0.15, 0.2) is 12.2 Å². The first-order valence-electron chi connectivity index (χ1n) is 5.97. The topological polar surface area (TPSA) is 54.4 Å². The van der Waals surface area contributed by atoms with Gasteiger partial charge in [0.15, 0.2) is 0 Å². The van der Waals surface area contributed by atoms with Gasteiger partial charge in [0.05, 0.1) is 0 Å². The molecule has 0 aliphatic heterocycles. The molecule has 4 nitrogen and oxygen atoms in total. The summed E-state index contributed by atoms with van der Waals surface area (Å²) in [6.07, 6.45) is 9.19. The average Bonchev–Trinajstić information content (AvgIpc) is 2.94. The molecule has 0 heterocycles. The zero-order valence-corrected chi connectivity index (χ0v) is 12.2. The van der Waals surface area contributed by atoms with Gasteiger partial charge in [-0.15, -0.1) is 0 Å². The Morgan fingerprint density at radius 1 is 1.22 bits per heavy atom. The number of likely N-dealkylation sites (N-methyl/N-ethyl adjacent to an activating group) is 1. The van der Waals surface area contributed by atoms with Gasteiger partial charge in [-0.05, 0) is 31.1 Å². The zero-order chi connectivity index (χ0) is 13.4. The van der Waals surface area contributed by atoms with Crippen LogP contribution in [-0.2, 0) is 9.13 Å². The summed E-state index contributed by atoms with van der Waals surface area (Å²) in [6, 6.07) is 0. The molecule has 1 N–H and O–H groups in total. The van der Waals surface area contributed by atoms with Gasteiger partial charge in [-0.2, -0.15) is 0 Å². The van der Waals surface area contributed by atoms with Crippen LogP contribution in [0.5, 0.6) is 0 Å². The van der Waals surface area contributed by atoms with Gasteiger partial charge < -0.3 is 0 Å². The fourth-order valence-corrected chi connectivity index (χ4v) is 2.96. The molecule has 2 rings (SSSR count). The molecular formula is C12H18NO3P2+. The van der Waals surface area contributed by atoms with Gasteiger partial charge in [-0.25, -0.2) is 0 Å². The third-order valence-corrected chi connectivity index (χ3v) is 4.29. The SMILES string of the molecule is C1=CC2CCC1C2.C[N+](C#P=O)(C#P=O)CCO. The van der Waals surface area contributed by atoms with Crippen molar-refractivity contribution in [2.45, 2.75) is 19.3 Å². The van der Waals surface area contributed by atoms with Gasteiger partial charge in [-0.3, -0.25) is 0 Å². The first-order chi connectivity index (χ1) is 8.63. The van der Waals surface area contributed by atoms with E-state index in [1.165, 1.54) is 19.3 Å². The van der Waals surface area contributed by atoms with Crippen molar-refractivity contribution in [3.63, 3.8) is 0 Å². The van der Waals surface area contributed by atoms with E-state index in [1.807, 2.05) is 0 Å². The molecule has 2 atom stereocenters. The van der Waals surface area contributed by atoms with E-state index in [-0.39, 0.29) is 33.5 Å². The Bertz CT molecular complexity index is 465. The first kappa shape index (κ1) is 15.7. The van der Waals surface area contributed by atoms with E-state index >= 15 is 0 Å². The van der Waals surface area contributed by atoms with Crippen molar-refractivity contribution in [3.05, 3.63) is 12.2 Å². The molecule has 0 saturated heterocycles. The van der Waals surface area contributed by atoms with Crippen LogP contribution in [0.25, 0.3) is 0 Å². The number of hydrogen-bond acceptors (Lipinski definition) is 3. The Kier molecular flexibility index (Phi) is 6.97. The van der Waals surface area contributed by atoms with Crippen molar-refractivity contribution in [2.24, 2.45) is 11.8 Å². The summed E-state index contributed by atoms with van der Waals surface area (Å²) in [5.41, 5.74) is 0. The van der Waals surface area contributed by atoms with Crippen LogP contribution in [0.3, 0.4) is 0 Å². The summed E-state index contributed by atoms with van der Waals surface area (Å²) in [5, 5.41) is 8.55. The summed E-state index contributed by atoms with van der Waals surface area (Å²) in [7, 11) is 1.02. The van der Waals surface area contributed by atoms with Crippen molar-refractivity contribution in [2.75, 3.05) is 20.2 Å². The van der Waals surface area contributed by atoms with Gasteiger partial charge in [0.1, 0.15) is 0 Å². The maximum atomic E-state index is 10.1. The standard InChI is InChI=1S/C7H10.C5H8NO3P2/c1-2-7-4-3-6(1)5-7;1-6(2-3-7,4-10-8)5-11-9/h1-2,6-7H,3-5H2;7H,2-3H2,1H3/q;+1. The van der Waals surface area contributed by atoms with Crippen LogP contribution >= 0.6 is 15.8 Å². The third-order valence-electron chi connectivity index (χ3n) is 3.24. The van der Waals surface area contributed by atoms with E-state index < -0.39 is 0 Å². The molecule has 2 aliphatic carbocycles. The van der Waals surface area contributed by atoms with Crippen molar-refractivity contribution in [1.29, 1.82) is 0 Å². The molecule has 0 aromatic heterocycles. The Morgan fingerprint density at radius 3 is 1.94 bits per heavy atom. The molecule has 0 aromatic rings. The zero-order valence-electron chi connectivity index (χ0n) is 10.5. The van der Waals surface area contributed by atoms with Crippen LogP contribution in [0.2, 0.25) is 0 Å². The van der Waals surface area contributed by atoms with Crippen LogP contribution < -0.4 is 0 Å². The van der Waals surface area contributed by atoms with Crippen molar-refractivity contribution in [3.8, 4) is 11.5 Å². The van der Waals surface area contributed by atoms with Gasteiger partial charge in [0.25, 0.3) is 0 Å². The van der Waals surface area contributed by atoms with E-state index in [0.29, 0.717) is 0 Å². The fraction of sp³-hybridized carbons (Fsp3) is 0.667. The number of aliphatic hydroxyl groups is 1. The second-order valence-electron chi connectivity index (χ2n) is 4.74. The van der Waals surface area contributed by atoms with Crippen LogP contribution in [0.4, 0.5) is 0 Å². The quantitative estimate of drug-likeness (QED) is 0.482. The van der Waals surface area contributed by atoms with Crippen molar-refractivity contribution in [1.82, 2.24) is 0 Å². The molecule has 18 heavy (non-hydrogen) atoms. The van der Waals surface area contributed by atoms with Crippen molar-refractivity contribution >= 4 is 15.8 Å². The summed E-state index contributed by atoms with van der Waals surface area (Å²) >= 11 is 0. The number of hydrogen-bond donors (Lipinski definition) is 1. The monoisotopic (exact) mass is 286 g/mol. The Morgan fingerprint density at radius 2 is 1.72 bits per heavy atom. The van der Waals surface area contributed by atoms with E-state index in [4.69, 9.17) is 5.11 Å². The van der Waals surface area contributed by atoms with Gasteiger partial charge in [-0.1, -0.05) is 12.2 Å². The molecule has 0 spiro atoms. The van der Waals surface area contributed by atoms with Crippen LogP contribution in [0, 0.1) is 23.3 Å². The number of allylic oxidation sites excluding steroid dienone is 2. The Labute approximate surface area is 110 Å². The van der Waals surface area contributed by atoms with Crippen LogP contribution in [0.1, 0.15) is 19.3 Å². The molecule has 2 unspecified atom stereocenters. The fourth-order valence-electron chi connectivity index (χ4n) is 2.22. The van der Waals surface area contributed by atoms with Gasteiger partial charge in [0, 0.05) is 0 Å². The van der Waals surface area contributed by atoms with E-state index in [1.54, 1.807) is 7.05 Å². The molecule has 1 saturated carbocycles. The third kappa shape index (κ3) is 5.12. The molecule has 0 amide bonds. The molecule has 1 fully saturated rings. The minimum atomic E-state index is -0.286. The number of fused-ring (bicyclic) bond motifs is 2. The molecule has 2 aliphatic rings. The molecule has 0 aromatic carbocycles. The normalized spacial score (nSPS) is 26.3. The van der Waals surface area contributed by atoms with Gasteiger partial charge in [0.2, 0.25) is 0 Å². The van der Waals surface area contributed by atoms with E-state index in [0.717, 1.165) is 11.8 Å². The number of quaternary nitrogens is 1. The molecule has 98 valence electrons. The number of rotatable bonds is 2. The van der Waals surface area contributed by atoms with Crippen molar-refractivity contribution < 1.29 is 18.7 Å². The second-order valence-corrected chi connectivity index (χ2v) is 5.50. The van der Waals surface area contributed by atoms with Gasteiger partial charge >= 0.3 is 66.3 Å². The molecular weight excluding hydrogens is 268 g/mol. The Balaban J connectivity index is 0.000000194. The molecule has 0 radical (unpaired) electrons. The number of aliphatic hydroxyl groups excluding tert-OH is 1. The molecule has 6 heteroatoms. The second kappa shape index (κ2) is 7.97. The molecule has 2 bridgehead atoms. The summed E-state index contributed by atoms with van der Waals surface area (Å²) in [5.74, 6) is 6.86. The summed E-state index contributed by atoms with van der Waals surface area (Å²) in [4.78, 5) is 0. The predicted molar refractivity (Wildman–Crippen MR) is 71.1 cm³/mol. The first-order valence-corrected chi connectivity index (χ1v) is 7.60. The average molecular weight is 286 g/mol. The Hall–Kier alpha value is -0.320. The van der Waals surface area contributed by atoms with E-state index in [2.05, 4.69) is 23.7 Å². The van der Waals surface area contributed by atoms with Crippen LogP contribution in [-0.4, -0.2) is 29.8 Å². The van der Waals surface area contributed by atoms with E-state index in [9.17, 15) is 9.13 Å². The number of nitrogens with zero attached hydrogens (tertiary/aromatic N) is 1. The predicted octanol–water partition coefficient (Wildman–Crippen LogP) is 2.81.